The molecule has 0 bridgehead atoms. The molecule has 4 heteroatoms. The Bertz CT molecular complexity index is 200. The molecule has 0 aliphatic carbocycles. The molecule has 16 heavy (non-hydrogen) atoms. The zero-order valence-electron chi connectivity index (χ0n) is 10.1. The number of aliphatic hydroxyl groups excluding tert-OH is 2. The molecular weight excluding hydrogens is 208 g/mol. The Hall–Kier alpha value is -0.600. The first-order chi connectivity index (χ1) is 7.60. The molecule has 94 valence electrons. The van der Waals surface area contributed by atoms with E-state index in [0.29, 0.717) is 19.4 Å². The number of hydrogen-bond donors (Lipinski definition) is 2. The van der Waals surface area contributed by atoms with Crippen LogP contribution in [0.5, 0.6) is 0 Å². The third kappa shape index (κ3) is 8.69. The lowest BCUT2D eigenvalue weighted by Gasteiger charge is -2.18. The Morgan fingerprint density at radius 2 is 1.81 bits per heavy atom. The third-order valence-electron chi connectivity index (χ3n) is 2.07. The lowest BCUT2D eigenvalue weighted by Crippen LogP contribution is -2.25. The second-order valence-electron chi connectivity index (χ2n) is 3.87. The Morgan fingerprint density at radius 3 is 2.38 bits per heavy atom. The third-order valence-corrected chi connectivity index (χ3v) is 2.07. The lowest BCUT2D eigenvalue weighted by atomic mass is 10.2. The maximum absolute atomic E-state index is 9.45. The van der Waals surface area contributed by atoms with Gasteiger partial charge in [0.25, 0.3) is 0 Å². The van der Waals surface area contributed by atoms with Crippen LogP contribution in [0.15, 0.2) is 0 Å². The van der Waals surface area contributed by atoms with Gasteiger partial charge in [0.05, 0.1) is 38.1 Å². The molecule has 0 aromatic rings. The van der Waals surface area contributed by atoms with E-state index in [0.717, 1.165) is 0 Å². The average molecular weight is 230 g/mol. The van der Waals surface area contributed by atoms with Crippen molar-refractivity contribution in [2.24, 2.45) is 0 Å². The van der Waals surface area contributed by atoms with Gasteiger partial charge in [0.15, 0.2) is 0 Å². The van der Waals surface area contributed by atoms with Gasteiger partial charge in [-0.25, -0.2) is 0 Å². The highest BCUT2D eigenvalue weighted by Gasteiger charge is 2.09. The molecule has 0 radical (unpaired) electrons. The van der Waals surface area contributed by atoms with Crippen molar-refractivity contribution >= 4 is 0 Å². The van der Waals surface area contributed by atoms with Gasteiger partial charge in [-0.3, -0.25) is 0 Å². The summed E-state index contributed by atoms with van der Waals surface area (Å²) in [5, 5.41) is 18.2. The van der Waals surface area contributed by atoms with Crippen molar-refractivity contribution in [3.8, 4) is 12.3 Å². The summed E-state index contributed by atoms with van der Waals surface area (Å²) < 4.78 is 10.6. The number of aliphatic hydroxyl groups is 2. The summed E-state index contributed by atoms with van der Waals surface area (Å²) in [6.07, 6.45) is 5.38. The monoisotopic (exact) mass is 230 g/mol. The number of rotatable bonds is 9. The molecule has 0 rings (SSSR count). The normalized spacial score (nSPS) is 16.4. The highest BCUT2D eigenvalue weighted by molar-refractivity contribution is 4.84. The fourth-order valence-electron chi connectivity index (χ4n) is 1.01. The minimum Gasteiger partial charge on any atom is -0.394 e. The van der Waals surface area contributed by atoms with E-state index in [-0.39, 0.29) is 25.4 Å². The molecule has 0 heterocycles. The molecule has 3 atom stereocenters. The average Bonchev–Trinajstić information content (AvgIpc) is 2.30. The molecule has 0 amide bonds. The van der Waals surface area contributed by atoms with Gasteiger partial charge in [-0.1, -0.05) is 0 Å². The quantitative estimate of drug-likeness (QED) is 0.568. The fourth-order valence-corrected chi connectivity index (χ4v) is 1.01. The molecule has 3 unspecified atom stereocenters. The second kappa shape index (κ2) is 9.61. The highest BCUT2D eigenvalue weighted by Crippen LogP contribution is 2.01. The topological polar surface area (TPSA) is 58.9 Å². The Morgan fingerprint density at radius 1 is 1.19 bits per heavy atom. The van der Waals surface area contributed by atoms with Gasteiger partial charge in [0.2, 0.25) is 0 Å². The Kier molecular flexibility index (Phi) is 9.25. The first kappa shape index (κ1) is 15.4. The van der Waals surface area contributed by atoms with Crippen LogP contribution in [0.4, 0.5) is 0 Å². The molecule has 4 nitrogen and oxygen atoms in total. The summed E-state index contributed by atoms with van der Waals surface area (Å²) in [6, 6.07) is 0. The minimum absolute atomic E-state index is 0.00247. The molecule has 0 aromatic heterocycles. The molecule has 0 aromatic carbocycles. The molecule has 0 saturated heterocycles. The van der Waals surface area contributed by atoms with E-state index in [1.807, 2.05) is 6.92 Å². The van der Waals surface area contributed by atoms with E-state index < -0.39 is 6.10 Å². The van der Waals surface area contributed by atoms with E-state index in [9.17, 15) is 5.11 Å². The predicted octanol–water partition coefficient (Wildman–Crippen LogP) is 0.563. The molecule has 0 spiro atoms. The van der Waals surface area contributed by atoms with Crippen LogP contribution >= 0.6 is 0 Å². The van der Waals surface area contributed by atoms with Crippen LogP contribution in [-0.2, 0) is 9.47 Å². The van der Waals surface area contributed by atoms with E-state index >= 15 is 0 Å². The van der Waals surface area contributed by atoms with Crippen LogP contribution < -0.4 is 0 Å². The van der Waals surface area contributed by atoms with E-state index in [1.54, 1.807) is 6.92 Å². The van der Waals surface area contributed by atoms with Gasteiger partial charge in [-0.05, 0) is 20.3 Å². The van der Waals surface area contributed by atoms with Crippen LogP contribution in [0.25, 0.3) is 0 Å². The molecule has 0 aliphatic rings. The molecular formula is C12H22O4. The summed E-state index contributed by atoms with van der Waals surface area (Å²) >= 11 is 0. The lowest BCUT2D eigenvalue weighted by molar-refractivity contribution is -0.0652. The van der Waals surface area contributed by atoms with Crippen molar-refractivity contribution < 1.29 is 19.7 Å². The maximum Gasteiger partial charge on any atom is 0.0782 e. The van der Waals surface area contributed by atoms with Crippen molar-refractivity contribution in [1.29, 1.82) is 0 Å². The van der Waals surface area contributed by atoms with E-state index in [4.69, 9.17) is 21.0 Å². The molecule has 0 saturated carbocycles. The molecule has 2 N–H and O–H groups in total. The van der Waals surface area contributed by atoms with Gasteiger partial charge >= 0.3 is 0 Å². The van der Waals surface area contributed by atoms with Gasteiger partial charge in [0.1, 0.15) is 0 Å². The summed E-state index contributed by atoms with van der Waals surface area (Å²) in [5.74, 6) is 2.47. The largest absolute Gasteiger partial charge is 0.394 e. The SMILES string of the molecule is C#CCCC(O)COC(C)COC(C)CO. The smallest absolute Gasteiger partial charge is 0.0782 e. The van der Waals surface area contributed by atoms with Crippen LogP contribution in [0.2, 0.25) is 0 Å². The van der Waals surface area contributed by atoms with Gasteiger partial charge < -0.3 is 19.7 Å². The van der Waals surface area contributed by atoms with Crippen molar-refractivity contribution in [2.75, 3.05) is 19.8 Å². The zero-order chi connectivity index (χ0) is 12.4. The second-order valence-corrected chi connectivity index (χ2v) is 3.87. The summed E-state index contributed by atoms with van der Waals surface area (Å²) in [6.45, 7) is 4.31. The number of ether oxygens (including phenoxy) is 2. The highest BCUT2D eigenvalue weighted by atomic mass is 16.5. The van der Waals surface area contributed by atoms with Crippen LogP contribution in [-0.4, -0.2) is 48.3 Å². The van der Waals surface area contributed by atoms with E-state index in [1.165, 1.54) is 0 Å². The van der Waals surface area contributed by atoms with Crippen molar-refractivity contribution in [3.05, 3.63) is 0 Å². The van der Waals surface area contributed by atoms with Gasteiger partial charge in [0, 0.05) is 6.42 Å². The number of hydrogen-bond acceptors (Lipinski definition) is 4. The van der Waals surface area contributed by atoms with Crippen LogP contribution in [0.1, 0.15) is 26.7 Å². The van der Waals surface area contributed by atoms with Crippen molar-refractivity contribution in [1.82, 2.24) is 0 Å². The first-order valence-corrected chi connectivity index (χ1v) is 5.55. The number of terminal acetylenes is 1. The van der Waals surface area contributed by atoms with E-state index in [2.05, 4.69) is 5.92 Å². The van der Waals surface area contributed by atoms with Crippen LogP contribution in [0, 0.1) is 12.3 Å². The summed E-state index contributed by atoms with van der Waals surface area (Å²) in [4.78, 5) is 0. The van der Waals surface area contributed by atoms with Crippen LogP contribution in [0.3, 0.4) is 0 Å². The van der Waals surface area contributed by atoms with Crippen molar-refractivity contribution in [3.63, 3.8) is 0 Å². The summed E-state index contributed by atoms with van der Waals surface area (Å²) in [5.41, 5.74) is 0. The van der Waals surface area contributed by atoms with Gasteiger partial charge in [-0.2, -0.15) is 0 Å². The maximum atomic E-state index is 9.45. The predicted molar refractivity (Wildman–Crippen MR) is 62.0 cm³/mol. The zero-order valence-corrected chi connectivity index (χ0v) is 10.1. The Balaban J connectivity index is 3.49. The summed E-state index contributed by atoms with van der Waals surface area (Å²) in [7, 11) is 0. The van der Waals surface area contributed by atoms with Gasteiger partial charge in [-0.15, -0.1) is 12.3 Å². The minimum atomic E-state index is -0.520. The van der Waals surface area contributed by atoms with Crippen molar-refractivity contribution in [2.45, 2.75) is 45.0 Å². The first-order valence-electron chi connectivity index (χ1n) is 5.55. The standard InChI is InChI=1S/C12H22O4/c1-4-5-6-12(14)9-16-11(3)8-15-10(2)7-13/h1,10-14H,5-9H2,2-3H3. The Labute approximate surface area is 97.6 Å². The fraction of sp³-hybridized carbons (Fsp3) is 0.833. The molecule has 0 aliphatic heterocycles. The molecule has 0 fully saturated rings.